The SMILES string of the molecule is Cc1cc(=O)c(C(=O)Oc2ccc(Br)cc2F)nn1-c1ccc(Cl)cc1. The molecule has 0 bridgehead atoms. The van der Waals surface area contributed by atoms with Gasteiger partial charge in [0.15, 0.2) is 11.6 Å². The number of benzene rings is 2. The number of carbonyl (C=O) groups excluding carboxylic acids is 1. The first-order valence-corrected chi connectivity index (χ1v) is 8.56. The van der Waals surface area contributed by atoms with Gasteiger partial charge in [0.1, 0.15) is 0 Å². The molecule has 3 aromatic rings. The number of esters is 1. The van der Waals surface area contributed by atoms with E-state index in [1.54, 1.807) is 31.2 Å². The number of ether oxygens (including phenoxy) is 1. The van der Waals surface area contributed by atoms with Crippen LogP contribution in [0.1, 0.15) is 16.2 Å². The molecule has 132 valence electrons. The van der Waals surface area contributed by atoms with Crippen LogP contribution in [0.4, 0.5) is 4.39 Å². The maximum atomic E-state index is 13.8. The summed E-state index contributed by atoms with van der Waals surface area (Å²) in [6, 6.07) is 11.9. The Hall–Kier alpha value is -2.51. The summed E-state index contributed by atoms with van der Waals surface area (Å²) in [5.74, 6) is -2.07. The van der Waals surface area contributed by atoms with E-state index in [1.807, 2.05) is 0 Å². The van der Waals surface area contributed by atoms with E-state index in [4.69, 9.17) is 16.3 Å². The van der Waals surface area contributed by atoms with Gasteiger partial charge in [0.2, 0.25) is 11.1 Å². The van der Waals surface area contributed by atoms with Crippen molar-refractivity contribution in [3.63, 3.8) is 0 Å². The molecule has 2 aromatic carbocycles. The molecule has 0 amide bonds. The molecule has 0 aliphatic carbocycles. The zero-order valence-electron chi connectivity index (χ0n) is 13.4. The molecule has 8 heteroatoms. The Morgan fingerprint density at radius 2 is 1.88 bits per heavy atom. The molecular formula is C18H11BrClFN2O3. The van der Waals surface area contributed by atoms with Crippen molar-refractivity contribution in [1.29, 1.82) is 0 Å². The van der Waals surface area contributed by atoms with Crippen molar-refractivity contribution >= 4 is 33.5 Å². The lowest BCUT2D eigenvalue weighted by atomic mass is 10.3. The van der Waals surface area contributed by atoms with Gasteiger partial charge in [-0.25, -0.2) is 13.9 Å². The van der Waals surface area contributed by atoms with Crippen LogP contribution in [-0.2, 0) is 0 Å². The molecule has 0 aliphatic rings. The van der Waals surface area contributed by atoms with E-state index < -0.39 is 22.9 Å². The molecule has 0 N–H and O–H groups in total. The Bertz CT molecular complexity index is 1050. The molecule has 0 aliphatic heterocycles. The zero-order valence-corrected chi connectivity index (χ0v) is 15.7. The lowest BCUT2D eigenvalue weighted by Gasteiger charge is -2.11. The van der Waals surface area contributed by atoms with Crippen LogP contribution in [0, 0.1) is 12.7 Å². The Kier molecular flexibility index (Phi) is 5.20. The van der Waals surface area contributed by atoms with Gasteiger partial charge in [0, 0.05) is 21.3 Å². The van der Waals surface area contributed by atoms with Crippen LogP contribution in [-0.4, -0.2) is 15.7 Å². The summed E-state index contributed by atoms with van der Waals surface area (Å²) in [6.45, 7) is 1.67. The van der Waals surface area contributed by atoms with Crippen LogP contribution in [0.5, 0.6) is 5.75 Å². The van der Waals surface area contributed by atoms with E-state index in [2.05, 4.69) is 21.0 Å². The minimum Gasteiger partial charge on any atom is -0.419 e. The Labute approximate surface area is 161 Å². The monoisotopic (exact) mass is 436 g/mol. The molecule has 0 unspecified atom stereocenters. The summed E-state index contributed by atoms with van der Waals surface area (Å²) in [6.07, 6.45) is 0. The van der Waals surface area contributed by atoms with Gasteiger partial charge < -0.3 is 4.74 Å². The fourth-order valence-electron chi connectivity index (χ4n) is 2.24. The van der Waals surface area contributed by atoms with Gasteiger partial charge in [0.25, 0.3) is 0 Å². The third kappa shape index (κ3) is 3.84. The Morgan fingerprint density at radius 3 is 2.54 bits per heavy atom. The summed E-state index contributed by atoms with van der Waals surface area (Å²) < 4.78 is 20.7. The van der Waals surface area contributed by atoms with Crippen LogP contribution in [0.25, 0.3) is 5.69 Å². The first-order chi connectivity index (χ1) is 12.3. The minimum atomic E-state index is -1.04. The number of hydrogen-bond acceptors (Lipinski definition) is 4. The smallest absolute Gasteiger partial charge is 0.368 e. The van der Waals surface area contributed by atoms with E-state index in [9.17, 15) is 14.0 Å². The first-order valence-electron chi connectivity index (χ1n) is 7.39. The molecule has 0 spiro atoms. The van der Waals surface area contributed by atoms with Gasteiger partial charge in [-0.3, -0.25) is 4.79 Å². The molecule has 1 aromatic heterocycles. The molecule has 26 heavy (non-hydrogen) atoms. The highest BCUT2D eigenvalue weighted by molar-refractivity contribution is 9.10. The van der Waals surface area contributed by atoms with Gasteiger partial charge in [0.05, 0.1) is 5.69 Å². The van der Waals surface area contributed by atoms with Crippen molar-refractivity contribution in [3.8, 4) is 11.4 Å². The molecule has 0 saturated carbocycles. The number of halogens is 3. The van der Waals surface area contributed by atoms with Gasteiger partial charge in [-0.1, -0.05) is 27.5 Å². The number of hydrogen-bond donors (Lipinski definition) is 0. The van der Waals surface area contributed by atoms with Crippen LogP contribution in [0.3, 0.4) is 0 Å². The molecule has 5 nitrogen and oxygen atoms in total. The summed E-state index contributed by atoms with van der Waals surface area (Å²) in [5.41, 5.74) is 0.0579. The van der Waals surface area contributed by atoms with Crippen LogP contribution in [0.15, 0.2) is 57.8 Å². The first kappa shape index (κ1) is 18.3. The summed E-state index contributed by atoms with van der Waals surface area (Å²) in [4.78, 5) is 24.5. The highest BCUT2D eigenvalue weighted by Crippen LogP contribution is 2.22. The lowest BCUT2D eigenvalue weighted by Crippen LogP contribution is -2.25. The third-order valence-corrected chi connectivity index (χ3v) is 4.21. The van der Waals surface area contributed by atoms with Crippen molar-refractivity contribution in [2.24, 2.45) is 0 Å². The molecule has 0 fully saturated rings. The Morgan fingerprint density at radius 1 is 1.19 bits per heavy atom. The van der Waals surface area contributed by atoms with E-state index in [-0.39, 0.29) is 5.75 Å². The lowest BCUT2D eigenvalue weighted by molar-refractivity contribution is 0.0718. The van der Waals surface area contributed by atoms with Crippen LogP contribution in [0.2, 0.25) is 5.02 Å². The van der Waals surface area contributed by atoms with Gasteiger partial charge >= 0.3 is 5.97 Å². The molecule has 3 rings (SSSR count). The predicted octanol–water partition coefficient (Wildman–Crippen LogP) is 4.32. The molecule has 1 heterocycles. The average Bonchev–Trinajstić information content (AvgIpc) is 2.58. The zero-order chi connectivity index (χ0) is 18.8. The van der Waals surface area contributed by atoms with Gasteiger partial charge in [-0.05, 0) is 49.4 Å². The van der Waals surface area contributed by atoms with Crippen molar-refractivity contribution < 1.29 is 13.9 Å². The van der Waals surface area contributed by atoms with Crippen LogP contribution < -0.4 is 10.2 Å². The summed E-state index contributed by atoms with van der Waals surface area (Å²) in [5, 5.41) is 4.61. The number of nitrogens with zero attached hydrogens (tertiary/aromatic N) is 2. The summed E-state index contributed by atoms with van der Waals surface area (Å²) >= 11 is 8.98. The van der Waals surface area contributed by atoms with Crippen LogP contribution >= 0.6 is 27.5 Å². The van der Waals surface area contributed by atoms with Crippen molar-refractivity contribution in [3.05, 3.63) is 85.5 Å². The average molecular weight is 438 g/mol. The minimum absolute atomic E-state index is 0.294. The number of aromatic nitrogens is 2. The maximum absolute atomic E-state index is 13.8. The normalized spacial score (nSPS) is 10.6. The fraction of sp³-hybridized carbons (Fsp3) is 0.0556. The maximum Gasteiger partial charge on any atom is 0.368 e. The fourth-order valence-corrected chi connectivity index (χ4v) is 2.70. The Balaban J connectivity index is 1.99. The third-order valence-electron chi connectivity index (χ3n) is 3.47. The summed E-state index contributed by atoms with van der Waals surface area (Å²) in [7, 11) is 0. The molecule has 0 atom stereocenters. The quantitative estimate of drug-likeness (QED) is 0.452. The highest BCUT2D eigenvalue weighted by atomic mass is 79.9. The molecule has 0 radical (unpaired) electrons. The standard InChI is InChI=1S/C18H11BrClFN2O3/c1-10-8-15(24)17(22-23(10)13-5-3-12(20)4-6-13)18(25)26-16-7-2-11(19)9-14(16)21/h2-9H,1H3. The van der Waals surface area contributed by atoms with Crippen molar-refractivity contribution in [2.45, 2.75) is 6.92 Å². The van der Waals surface area contributed by atoms with Crippen molar-refractivity contribution in [2.75, 3.05) is 0 Å². The van der Waals surface area contributed by atoms with Gasteiger partial charge in [-0.15, -0.1) is 0 Å². The van der Waals surface area contributed by atoms with E-state index in [0.29, 0.717) is 20.9 Å². The number of carbonyl (C=O) groups is 1. The molecular weight excluding hydrogens is 427 g/mol. The van der Waals surface area contributed by atoms with Gasteiger partial charge in [-0.2, -0.15) is 5.10 Å². The van der Waals surface area contributed by atoms with E-state index in [0.717, 1.165) is 6.07 Å². The van der Waals surface area contributed by atoms with E-state index >= 15 is 0 Å². The predicted molar refractivity (Wildman–Crippen MR) is 98.6 cm³/mol. The van der Waals surface area contributed by atoms with Crippen molar-refractivity contribution in [1.82, 2.24) is 9.78 Å². The second-order valence-corrected chi connectivity index (χ2v) is 6.70. The second kappa shape index (κ2) is 7.39. The topological polar surface area (TPSA) is 61.2 Å². The number of aryl methyl sites for hydroxylation is 1. The highest BCUT2D eigenvalue weighted by Gasteiger charge is 2.19. The second-order valence-electron chi connectivity index (χ2n) is 5.35. The largest absolute Gasteiger partial charge is 0.419 e. The molecule has 0 saturated heterocycles. The number of rotatable bonds is 3. The van der Waals surface area contributed by atoms with E-state index in [1.165, 1.54) is 22.9 Å².